The van der Waals surface area contributed by atoms with Gasteiger partial charge in [-0.1, -0.05) is 26.8 Å². The summed E-state index contributed by atoms with van der Waals surface area (Å²) in [5.41, 5.74) is 5.66. The van der Waals surface area contributed by atoms with Crippen LogP contribution in [0.5, 0.6) is 5.75 Å². The first-order valence-corrected chi connectivity index (χ1v) is 9.13. The Bertz CT molecular complexity index is 775. The summed E-state index contributed by atoms with van der Waals surface area (Å²) in [7, 11) is 0. The summed E-state index contributed by atoms with van der Waals surface area (Å²) in [4.78, 5) is 12.8. The Balaban J connectivity index is 1.89. The number of aromatic hydroxyl groups is 1. The van der Waals surface area contributed by atoms with E-state index in [1.54, 1.807) is 24.3 Å². The molecule has 0 bridgehead atoms. The molecular formula is C22H27NO2. The van der Waals surface area contributed by atoms with Crippen LogP contribution in [-0.4, -0.2) is 11.0 Å². The molecule has 0 spiro atoms. The molecule has 0 radical (unpaired) electrons. The molecule has 0 fully saturated rings. The fourth-order valence-corrected chi connectivity index (χ4v) is 3.52. The Kier molecular flexibility index (Phi) is 4.85. The van der Waals surface area contributed by atoms with Gasteiger partial charge in [-0.05, 0) is 84.5 Å². The van der Waals surface area contributed by atoms with Crippen molar-refractivity contribution in [1.29, 1.82) is 0 Å². The average Bonchev–Trinajstić information content (AvgIpc) is 2.74. The van der Waals surface area contributed by atoms with Crippen LogP contribution >= 0.6 is 0 Å². The normalized spacial score (nSPS) is 16.0. The number of carbonyl (C=O) groups is 1. The lowest BCUT2D eigenvalue weighted by Gasteiger charge is -2.21. The molecule has 0 aliphatic heterocycles. The summed E-state index contributed by atoms with van der Waals surface area (Å²) in [5.74, 6) is 0.119. The van der Waals surface area contributed by atoms with E-state index in [0.717, 1.165) is 36.8 Å². The molecule has 3 heteroatoms. The molecular weight excluding hydrogens is 310 g/mol. The number of anilines is 1. The maximum atomic E-state index is 12.8. The van der Waals surface area contributed by atoms with Crippen LogP contribution in [0.4, 0.5) is 5.69 Å². The molecule has 2 aromatic rings. The van der Waals surface area contributed by atoms with E-state index in [-0.39, 0.29) is 11.7 Å². The van der Waals surface area contributed by atoms with E-state index in [4.69, 9.17) is 0 Å². The zero-order valence-corrected chi connectivity index (χ0v) is 15.4. The zero-order chi connectivity index (χ0) is 18.0. The van der Waals surface area contributed by atoms with Gasteiger partial charge in [0.1, 0.15) is 5.75 Å². The van der Waals surface area contributed by atoms with Gasteiger partial charge in [0.2, 0.25) is 0 Å². The quantitative estimate of drug-likeness (QED) is 0.604. The minimum absolute atomic E-state index is 0.0751. The summed E-state index contributed by atoms with van der Waals surface area (Å²) in [6, 6.07) is 10.9. The van der Waals surface area contributed by atoms with Gasteiger partial charge in [-0.3, -0.25) is 4.79 Å². The Morgan fingerprint density at radius 1 is 1.08 bits per heavy atom. The van der Waals surface area contributed by atoms with Gasteiger partial charge in [0.15, 0.2) is 0 Å². The first kappa shape index (κ1) is 17.5. The van der Waals surface area contributed by atoms with Gasteiger partial charge in [0.25, 0.3) is 5.91 Å². The first-order valence-electron chi connectivity index (χ1n) is 9.13. The summed E-state index contributed by atoms with van der Waals surface area (Å²) >= 11 is 0. The predicted molar refractivity (Wildman–Crippen MR) is 102 cm³/mol. The summed E-state index contributed by atoms with van der Waals surface area (Å²) in [5, 5.41) is 12.3. The largest absolute Gasteiger partial charge is 0.508 e. The van der Waals surface area contributed by atoms with Crippen LogP contribution in [-0.2, 0) is 19.3 Å². The fraction of sp³-hybridized carbons (Fsp3) is 0.409. The lowest BCUT2D eigenvalue weighted by atomic mass is 9.85. The van der Waals surface area contributed by atoms with Gasteiger partial charge >= 0.3 is 0 Å². The van der Waals surface area contributed by atoms with Crippen LogP contribution in [0.2, 0.25) is 0 Å². The number of amides is 1. The lowest BCUT2D eigenvalue weighted by Crippen LogP contribution is -2.15. The molecule has 0 aromatic heterocycles. The summed E-state index contributed by atoms with van der Waals surface area (Å²) in [6.45, 7) is 6.76. The Labute approximate surface area is 150 Å². The number of carbonyl (C=O) groups excluding carboxylic acids is 1. The standard InChI is InChI=1S/C22H27NO2/c1-4-15-13-16-9-11-22(2,3)12-10-17(16)14-20(15)21(25)23-18-5-7-19(24)8-6-18/h5-8,13-14,24H,4,9-12H2,1-3H3,(H,23,25). The molecule has 0 saturated carbocycles. The van der Waals surface area contributed by atoms with Crippen LogP contribution in [0.1, 0.15) is 60.7 Å². The van der Waals surface area contributed by atoms with E-state index in [9.17, 15) is 9.90 Å². The minimum atomic E-state index is -0.0751. The molecule has 3 rings (SSSR count). The van der Waals surface area contributed by atoms with Crippen LogP contribution < -0.4 is 5.32 Å². The van der Waals surface area contributed by atoms with Crippen LogP contribution in [0, 0.1) is 5.41 Å². The predicted octanol–water partition coefficient (Wildman–Crippen LogP) is 5.11. The van der Waals surface area contributed by atoms with E-state index in [2.05, 4.69) is 38.2 Å². The Morgan fingerprint density at radius 3 is 2.28 bits per heavy atom. The smallest absolute Gasteiger partial charge is 0.255 e. The summed E-state index contributed by atoms with van der Waals surface area (Å²) < 4.78 is 0. The number of fused-ring (bicyclic) bond motifs is 1. The topological polar surface area (TPSA) is 49.3 Å². The van der Waals surface area contributed by atoms with Crippen LogP contribution in [0.25, 0.3) is 0 Å². The third-order valence-electron chi connectivity index (χ3n) is 5.32. The number of phenols is 1. The summed E-state index contributed by atoms with van der Waals surface area (Å²) in [6.07, 6.45) is 5.32. The van der Waals surface area contributed by atoms with E-state index in [1.807, 2.05) is 0 Å². The van der Waals surface area contributed by atoms with Gasteiger partial charge in [-0.2, -0.15) is 0 Å². The van der Waals surface area contributed by atoms with Gasteiger partial charge in [0, 0.05) is 11.3 Å². The Morgan fingerprint density at radius 2 is 1.68 bits per heavy atom. The highest BCUT2D eigenvalue weighted by Crippen LogP contribution is 2.35. The van der Waals surface area contributed by atoms with Crippen molar-refractivity contribution in [3.05, 3.63) is 58.7 Å². The lowest BCUT2D eigenvalue weighted by molar-refractivity contribution is 0.102. The van der Waals surface area contributed by atoms with Gasteiger partial charge in [-0.15, -0.1) is 0 Å². The molecule has 0 unspecified atom stereocenters. The van der Waals surface area contributed by atoms with Crippen LogP contribution in [0.3, 0.4) is 0 Å². The van der Waals surface area contributed by atoms with Crippen LogP contribution in [0.15, 0.2) is 36.4 Å². The van der Waals surface area contributed by atoms with Crippen molar-refractivity contribution in [2.75, 3.05) is 5.32 Å². The van der Waals surface area contributed by atoms with Crippen molar-refractivity contribution >= 4 is 11.6 Å². The number of nitrogens with one attached hydrogen (secondary N) is 1. The maximum absolute atomic E-state index is 12.8. The third kappa shape index (κ3) is 4.04. The molecule has 0 atom stereocenters. The van der Waals surface area contributed by atoms with E-state index < -0.39 is 0 Å². The van der Waals surface area contributed by atoms with Gasteiger partial charge in [0.05, 0.1) is 0 Å². The van der Waals surface area contributed by atoms with Crippen molar-refractivity contribution in [2.45, 2.75) is 52.9 Å². The molecule has 132 valence electrons. The number of aryl methyl sites for hydroxylation is 3. The van der Waals surface area contributed by atoms with Gasteiger partial charge in [-0.25, -0.2) is 0 Å². The number of rotatable bonds is 3. The molecule has 0 saturated heterocycles. The molecule has 2 aromatic carbocycles. The zero-order valence-electron chi connectivity index (χ0n) is 15.4. The molecule has 1 aliphatic rings. The van der Waals surface area contributed by atoms with Crippen molar-refractivity contribution in [2.24, 2.45) is 5.41 Å². The third-order valence-corrected chi connectivity index (χ3v) is 5.32. The Hall–Kier alpha value is -2.29. The van der Waals surface area contributed by atoms with E-state index in [1.165, 1.54) is 17.5 Å². The van der Waals surface area contributed by atoms with Crippen molar-refractivity contribution in [1.82, 2.24) is 0 Å². The van der Waals surface area contributed by atoms with Gasteiger partial charge < -0.3 is 10.4 Å². The number of benzene rings is 2. The average molecular weight is 337 g/mol. The highest BCUT2D eigenvalue weighted by atomic mass is 16.3. The first-order chi connectivity index (χ1) is 11.9. The van der Waals surface area contributed by atoms with E-state index in [0.29, 0.717) is 11.1 Å². The molecule has 3 nitrogen and oxygen atoms in total. The molecule has 1 amide bonds. The number of phenolic OH excluding ortho intramolecular Hbond substituents is 1. The molecule has 0 heterocycles. The fourth-order valence-electron chi connectivity index (χ4n) is 3.52. The maximum Gasteiger partial charge on any atom is 0.255 e. The highest BCUT2D eigenvalue weighted by Gasteiger charge is 2.24. The minimum Gasteiger partial charge on any atom is -0.508 e. The van der Waals surface area contributed by atoms with Crippen molar-refractivity contribution in [3.8, 4) is 5.75 Å². The second kappa shape index (κ2) is 6.91. The SMILES string of the molecule is CCc1cc2c(cc1C(=O)Nc1ccc(O)cc1)CCC(C)(C)CC2. The van der Waals surface area contributed by atoms with E-state index >= 15 is 0 Å². The second-order valence-electron chi connectivity index (χ2n) is 7.80. The second-order valence-corrected chi connectivity index (χ2v) is 7.80. The molecule has 25 heavy (non-hydrogen) atoms. The monoisotopic (exact) mass is 337 g/mol. The highest BCUT2D eigenvalue weighted by molar-refractivity contribution is 6.05. The molecule has 2 N–H and O–H groups in total. The number of hydrogen-bond donors (Lipinski definition) is 2. The van der Waals surface area contributed by atoms with Crippen molar-refractivity contribution in [3.63, 3.8) is 0 Å². The van der Waals surface area contributed by atoms with Crippen molar-refractivity contribution < 1.29 is 9.90 Å². The number of hydrogen-bond acceptors (Lipinski definition) is 2. The molecule has 1 aliphatic carbocycles.